The molecule has 0 atom stereocenters. The van der Waals surface area contributed by atoms with E-state index in [0.717, 1.165) is 5.56 Å². The van der Waals surface area contributed by atoms with Crippen LogP contribution in [0.1, 0.15) is 16.7 Å². The van der Waals surface area contributed by atoms with Gasteiger partial charge in [0.1, 0.15) is 5.75 Å². The fraction of sp³-hybridized carbons (Fsp3) is 0.250. The molecule has 0 aliphatic carbocycles. The number of aryl methyl sites for hydroxylation is 1. The molecule has 0 saturated heterocycles. The zero-order chi connectivity index (χ0) is 14.5. The molecule has 0 radical (unpaired) electrons. The highest BCUT2D eigenvalue weighted by Gasteiger charge is 2.09. The van der Waals surface area contributed by atoms with Crippen LogP contribution < -0.4 is 10.1 Å². The molecular weight excluding hydrogens is 260 g/mol. The largest absolute Gasteiger partial charge is 0.433 e. The summed E-state index contributed by atoms with van der Waals surface area (Å²) in [6, 6.07) is 12.8. The Morgan fingerprint density at radius 1 is 1.05 bits per heavy atom. The molecule has 0 saturated carbocycles. The second-order valence-corrected chi connectivity index (χ2v) is 4.59. The van der Waals surface area contributed by atoms with Crippen molar-refractivity contribution in [3.05, 3.63) is 59.2 Å². The summed E-state index contributed by atoms with van der Waals surface area (Å²) in [5.74, 6) is 0.160. The average Bonchev–Trinajstić information content (AvgIpc) is 2.41. The number of halogens is 2. The topological polar surface area (TPSA) is 21.3 Å². The normalized spacial score (nSPS) is 10.7. The van der Waals surface area contributed by atoms with E-state index in [2.05, 4.69) is 10.1 Å². The first-order valence-corrected chi connectivity index (χ1v) is 6.40. The summed E-state index contributed by atoms with van der Waals surface area (Å²) in [4.78, 5) is 0. The maximum absolute atomic E-state index is 12.3. The second kappa shape index (κ2) is 6.37. The molecule has 4 heteroatoms. The molecule has 0 heterocycles. The Labute approximate surface area is 117 Å². The van der Waals surface area contributed by atoms with Crippen molar-refractivity contribution in [3.8, 4) is 5.75 Å². The van der Waals surface area contributed by atoms with Gasteiger partial charge < -0.3 is 10.1 Å². The monoisotopic (exact) mass is 277 g/mol. The van der Waals surface area contributed by atoms with Gasteiger partial charge in [0, 0.05) is 6.54 Å². The van der Waals surface area contributed by atoms with E-state index in [4.69, 9.17) is 0 Å². The van der Waals surface area contributed by atoms with Crippen LogP contribution in [0.5, 0.6) is 5.75 Å². The lowest BCUT2D eigenvalue weighted by Gasteiger charge is -2.14. The lowest BCUT2D eigenvalue weighted by Crippen LogP contribution is -2.07. The first-order valence-electron chi connectivity index (χ1n) is 6.40. The van der Waals surface area contributed by atoms with Gasteiger partial charge in [-0.15, -0.1) is 0 Å². The molecule has 106 valence electrons. The number of nitrogens with one attached hydrogen (secondary N) is 1. The summed E-state index contributed by atoms with van der Waals surface area (Å²) < 4.78 is 29.2. The molecule has 2 aromatic carbocycles. The Kier molecular flexibility index (Phi) is 4.56. The molecule has 2 nitrogen and oxygen atoms in total. The van der Waals surface area contributed by atoms with Gasteiger partial charge in [-0.1, -0.05) is 30.3 Å². The Balaban J connectivity index is 2.13. The summed E-state index contributed by atoms with van der Waals surface area (Å²) >= 11 is 0. The van der Waals surface area contributed by atoms with Gasteiger partial charge in [-0.05, 0) is 42.7 Å². The lowest BCUT2D eigenvalue weighted by molar-refractivity contribution is -0.0493. The van der Waals surface area contributed by atoms with Crippen LogP contribution in [0.4, 0.5) is 14.5 Å². The smallest absolute Gasteiger partial charge is 0.387 e. The Hall–Kier alpha value is -2.10. The summed E-state index contributed by atoms with van der Waals surface area (Å²) in [7, 11) is 0. The van der Waals surface area contributed by atoms with Crippen molar-refractivity contribution in [1.29, 1.82) is 0 Å². The maximum atomic E-state index is 12.3. The van der Waals surface area contributed by atoms with E-state index in [1.165, 1.54) is 17.2 Å². The first-order chi connectivity index (χ1) is 9.58. The third kappa shape index (κ3) is 3.47. The summed E-state index contributed by atoms with van der Waals surface area (Å²) in [6.07, 6.45) is 0. The standard InChI is InChI=1S/C16H17F2NO/c1-11-6-5-7-13(12(11)2)10-19-14-8-3-4-9-15(14)20-16(17)18/h3-9,16,19H,10H2,1-2H3. The van der Waals surface area contributed by atoms with E-state index in [1.54, 1.807) is 18.2 Å². The number of alkyl halides is 2. The Morgan fingerprint density at radius 3 is 2.55 bits per heavy atom. The fourth-order valence-corrected chi connectivity index (χ4v) is 2.01. The van der Waals surface area contributed by atoms with Crippen molar-refractivity contribution in [3.63, 3.8) is 0 Å². The first kappa shape index (κ1) is 14.3. The molecule has 0 aliphatic rings. The van der Waals surface area contributed by atoms with Gasteiger partial charge in [0.25, 0.3) is 0 Å². The third-order valence-electron chi connectivity index (χ3n) is 3.29. The maximum Gasteiger partial charge on any atom is 0.387 e. The van der Waals surface area contributed by atoms with Gasteiger partial charge in [0.05, 0.1) is 5.69 Å². The zero-order valence-corrected chi connectivity index (χ0v) is 11.5. The second-order valence-electron chi connectivity index (χ2n) is 4.59. The summed E-state index contributed by atoms with van der Waals surface area (Å²) in [5, 5.41) is 3.14. The van der Waals surface area contributed by atoms with Gasteiger partial charge in [0.2, 0.25) is 0 Å². The van der Waals surface area contributed by atoms with Crippen LogP contribution in [0.2, 0.25) is 0 Å². The molecule has 0 aliphatic heterocycles. The molecular formula is C16H17F2NO. The number of benzene rings is 2. The number of anilines is 1. The summed E-state index contributed by atoms with van der Waals surface area (Å²) in [6.45, 7) is 1.84. The Morgan fingerprint density at radius 2 is 1.80 bits per heavy atom. The highest BCUT2D eigenvalue weighted by molar-refractivity contribution is 5.56. The molecule has 0 bridgehead atoms. The van der Waals surface area contributed by atoms with Crippen LogP contribution in [0.25, 0.3) is 0 Å². The lowest BCUT2D eigenvalue weighted by atomic mass is 10.0. The van der Waals surface area contributed by atoms with Crippen LogP contribution >= 0.6 is 0 Å². The number of hydrogen-bond donors (Lipinski definition) is 1. The molecule has 1 N–H and O–H groups in total. The van der Waals surface area contributed by atoms with E-state index in [9.17, 15) is 8.78 Å². The van der Waals surface area contributed by atoms with Crippen molar-refractivity contribution in [2.45, 2.75) is 27.0 Å². The van der Waals surface area contributed by atoms with E-state index >= 15 is 0 Å². The molecule has 20 heavy (non-hydrogen) atoms. The molecule has 2 aromatic rings. The molecule has 0 aromatic heterocycles. The van der Waals surface area contributed by atoms with Gasteiger partial charge in [-0.2, -0.15) is 8.78 Å². The van der Waals surface area contributed by atoms with Crippen LogP contribution in [-0.2, 0) is 6.54 Å². The molecule has 0 amide bonds. The van der Waals surface area contributed by atoms with Gasteiger partial charge in [-0.3, -0.25) is 0 Å². The number of rotatable bonds is 5. The van der Waals surface area contributed by atoms with Crippen molar-refractivity contribution in [1.82, 2.24) is 0 Å². The minimum atomic E-state index is -2.82. The highest BCUT2D eigenvalue weighted by atomic mass is 19.3. The van der Waals surface area contributed by atoms with E-state index < -0.39 is 6.61 Å². The van der Waals surface area contributed by atoms with Gasteiger partial charge >= 0.3 is 6.61 Å². The van der Waals surface area contributed by atoms with Crippen LogP contribution in [0.3, 0.4) is 0 Å². The fourth-order valence-electron chi connectivity index (χ4n) is 2.01. The molecule has 2 rings (SSSR count). The quantitative estimate of drug-likeness (QED) is 0.867. The van der Waals surface area contributed by atoms with Gasteiger partial charge in [-0.25, -0.2) is 0 Å². The van der Waals surface area contributed by atoms with E-state index in [-0.39, 0.29) is 5.75 Å². The predicted molar refractivity (Wildman–Crippen MR) is 76.3 cm³/mol. The molecule has 0 fully saturated rings. The minimum absolute atomic E-state index is 0.160. The number of hydrogen-bond acceptors (Lipinski definition) is 2. The van der Waals surface area contributed by atoms with Crippen LogP contribution in [0.15, 0.2) is 42.5 Å². The summed E-state index contributed by atoms with van der Waals surface area (Å²) in [5.41, 5.74) is 4.11. The number of para-hydroxylation sites is 2. The molecule has 0 unspecified atom stereocenters. The van der Waals surface area contributed by atoms with Crippen LogP contribution in [0, 0.1) is 13.8 Å². The SMILES string of the molecule is Cc1cccc(CNc2ccccc2OC(F)F)c1C. The average molecular weight is 277 g/mol. The van der Waals surface area contributed by atoms with Crippen molar-refractivity contribution in [2.75, 3.05) is 5.32 Å². The number of ether oxygens (including phenoxy) is 1. The third-order valence-corrected chi connectivity index (χ3v) is 3.29. The Bertz CT molecular complexity index is 584. The van der Waals surface area contributed by atoms with Gasteiger partial charge in [0.15, 0.2) is 0 Å². The van der Waals surface area contributed by atoms with Crippen molar-refractivity contribution >= 4 is 5.69 Å². The van der Waals surface area contributed by atoms with Crippen molar-refractivity contribution < 1.29 is 13.5 Å². The van der Waals surface area contributed by atoms with Crippen molar-refractivity contribution in [2.24, 2.45) is 0 Å². The van der Waals surface area contributed by atoms with E-state index in [1.807, 2.05) is 32.0 Å². The predicted octanol–water partition coefficient (Wildman–Crippen LogP) is 4.52. The zero-order valence-electron chi connectivity index (χ0n) is 11.5. The van der Waals surface area contributed by atoms with E-state index in [0.29, 0.717) is 12.2 Å². The minimum Gasteiger partial charge on any atom is -0.433 e. The molecule has 0 spiro atoms. The highest BCUT2D eigenvalue weighted by Crippen LogP contribution is 2.26. The van der Waals surface area contributed by atoms with Crippen LogP contribution in [-0.4, -0.2) is 6.61 Å².